The van der Waals surface area contributed by atoms with E-state index in [2.05, 4.69) is 12.2 Å². The summed E-state index contributed by atoms with van der Waals surface area (Å²) in [7, 11) is 0. The van der Waals surface area contributed by atoms with E-state index in [1.54, 1.807) is 0 Å². The molecule has 2 atom stereocenters. The maximum atomic E-state index is 9.27. The maximum Gasteiger partial charge on any atom is 0.0545 e. The quantitative estimate of drug-likeness (QED) is 0.553. The van der Waals surface area contributed by atoms with Gasteiger partial charge in [-0.15, -0.1) is 0 Å². The standard InChI is InChI=1S/C9H16O/c1-2-4-8-5-3-6-9(10)7-8/h2,4,8-10H,3,5-7H2,1H3. The number of aliphatic hydroxyl groups excluding tert-OH is 1. The molecule has 0 aromatic heterocycles. The van der Waals surface area contributed by atoms with Crippen molar-refractivity contribution < 1.29 is 5.11 Å². The average Bonchev–Trinajstić information content (AvgIpc) is 1.88. The summed E-state index contributed by atoms with van der Waals surface area (Å²) in [5, 5.41) is 9.27. The molecule has 1 fully saturated rings. The summed E-state index contributed by atoms with van der Waals surface area (Å²) in [5.41, 5.74) is 0. The van der Waals surface area contributed by atoms with E-state index >= 15 is 0 Å². The minimum atomic E-state index is -0.0325. The molecule has 0 aromatic carbocycles. The number of aliphatic hydroxyl groups is 1. The van der Waals surface area contributed by atoms with Crippen LogP contribution >= 0.6 is 0 Å². The van der Waals surface area contributed by atoms with Gasteiger partial charge in [0.05, 0.1) is 6.10 Å². The fourth-order valence-electron chi connectivity index (χ4n) is 1.65. The highest BCUT2D eigenvalue weighted by atomic mass is 16.3. The van der Waals surface area contributed by atoms with E-state index in [0.717, 1.165) is 12.8 Å². The molecule has 58 valence electrons. The molecule has 2 unspecified atom stereocenters. The third-order valence-electron chi connectivity index (χ3n) is 2.15. The molecule has 0 aliphatic heterocycles. The molecule has 0 amide bonds. The van der Waals surface area contributed by atoms with Crippen LogP contribution in [0.15, 0.2) is 12.2 Å². The zero-order chi connectivity index (χ0) is 7.40. The summed E-state index contributed by atoms with van der Waals surface area (Å²) in [6, 6.07) is 0. The van der Waals surface area contributed by atoms with Crippen LogP contribution in [0.3, 0.4) is 0 Å². The van der Waals surface area contributed by atoms with E-state index in [4.69, 9.17) is 0 Å². The summed E-state index contributed by atoms with van der Waals surface area (Å²) >= 11 is 0. The van der Waals surface area contributed by atoms with E-state index in [9.17, 15) is 5.11 Å². The van der Waals surface area contributed by atoms with Crippen molar-refractivity contribution in [3.05, 3.63) is 12.2 Å². The Bertz CT molecular complexity index is 118. The van der Waals surface area contributed by atoms with E-state index < -0.39 is 0 Å². The van der Waals surface area contributed by atoms with Crippen molar-refractivity contribution in [1.29, 1.82) is 0 Å². The molecule has 1 N–H and O–H groups in total. The van der Waals surface area contributed by atoms with Crippen LogP contribution in [0.4, 0.5) is 0 Å². The Morgan fingerprint density at radius 2 is 2.20 bits per heavy atom. The minimum absolute atomic E-state index is 0.0325. The third-order valence-corrected chi connectivity index (χ3v) is 2.15. The largest absolute Gasteiger partial charge is 0.393 e. The Kier molecular flexibility index (Phi) is 2.94. The average molecular weight is 140 g/mol. The van der Waals surface area contributed by atoms with Gasteiger partial charge in [0, 0.05) is 0 Å². The summed E-state index contributed by atoms with van der Waals surface area (Å²) in [6.45, 7) is 2.04. The van der Waals surface area contributed by atoms with Crippen LogP contribution in [0, 0.1) is 5.92 Å². The first kappa shape index (κ1) is 7.80. The van der Waals surface area contributed by atoms with Crippen LogP contribution in [0.25, 0.3) is 0 Å². The lowest BCUT2D eigenvalue weighted by Gasteiger charge is -2.22. The molecule has 1 aliphatic rings. The third kappa shape index (κ3) is 2.14. The summed E-state index contributed by atoms with van der Waals surface area (Å²) in [6.07, 6.45) is 8.70. The normalized spacial score (nSPS) is 35.0. The molecule has 0 radical (unpaired) electrons. The Hall–Kier alpha value is -0.300. The second-order valence-electron chi connectivity index (χ2n) is 3.11. The molecule has 1 rings (SSSR count). The fourth-order valence-corrected chi connectivity index (χ4v) is 1.65. The number of rotatable bonds is 1. The molecule has 0 saturated heterocycles. The highest BCUT2D eigenvalue weighted by molar-refractivity contribution is 4.89. The first-order valence-electron chi connectivity index (χ1n) is 4.14. The van der Waals surface area contributed by atoms with Gasteiger partial charge in [0.2, 0.25) is 0 Å². The van der Waals surface area contributed by atoms with E-state index in [-0.39, 0.29) is 6.10 Å². The highest BCUT2D eigenvalue weighted by Gasteiger charge is 2.16. The van der Waals surface area contributed by atoms with Gasteiger partial charge in [-0.25, -0.2) is 0 Å². The van der Waals surface area contributed by atoms with Gasteiger partial charge in [0.25, 0.3) is 0 Å². The molecular weight excluding hydrogens is 124 g/mol. The predicted octanol–water partition coefficient (Wildman–Crippen LogP) is 2.11. The van der Waals surface area contributed by atoms with Gasteiger partial charge in [-0.05, 0) is 32.1 Å². The van der Waals surface area contributed by atoms with Crippen molar-refractivity contribution >= 4 is 0 Å². The molecule has 0 heterocycles. The fraction of sp³-hybridized carbons (Fsp3) is 0.778. The summed E-state index contributed by atoms with van der Waals surface area (Å²) in [4.78, 5) is 0. The van der Waals surface area contributed by atoms with Crippen molar-refractivity contribution in [3.63, 3.8) is 0 Å². The molecular formula is C9H16O. The van der Waals surface area contributed by atoms with Crippen LogP contribution in [0.5, 0.6) is 0 Å². The topological polar surface area (TPSA) is 20.2 Å². The van der Waals surface area contributed by atoms with Crippen LogP contribution in [0.2, 0.25) is 0 Å². The van der Waals surface area contributed by atoms with Gasteiger partial charge in [0.1, 0.15) is 0 Å². The first-order chi connectivity index (χ1) is 4.83. The van der Waals surface area contributed by atoms with Gasteiger partial charge < -0.3 is 5.11 Å². The van der Waals surface area contributed by atoms with Crippen molar-refractivity contribution in [3.8, 4) is 0 Å². The molecule has 0 spiro atoms. The Morgan fingerprint density at radius 1 is 1.40 bits per heavy atom. The summed E-state index contributed by atoms with van der Waals surface area (Å²) < 4.78 is 0. The predicted molar refractivity (Wildman–Crippen MR) is 42.8 cm³/mol. The molecule has 0 aromatic rings. The first-order valence-corrected chi connectivity index (χ1v) is 4.14. The molecule has 1 aliphatic carbocycles. The second-order valence-corrected chi connectivity index (χ2v) is 3.11. The Morgan fingerprint density at radius 3 is 2.80 bits per heavy atom. The van der Waals surface area contributed by atoms with Crippen molar-refractivity contribution in [2.45, 2.75) is 38.7 Å². The van der Waals surface area contributed by atoms with Crippen LogP contribution in [0.1, 0.15) is 32.6 Å². The van der Waals surface area contributed by atoms with Crippen molar-refractivity contribution in [2.75, 3.05) is 0 Å². The highest BCUT2D eigenvalue weighted by Crippen LogP contribution is 2.24. The molecule has 1 saturated carbocycles. The molecule has 1 heteroatoms. The number of hydrogen-bond donors (Lipinski definition) is 1. The van der Waals surface area contributed by atoms with Gasteiger partial charge in [-0.1, -0.05) is 18.6 Å². The molecule has 1 nitrogen and oxygen atoms in total. The van der Waals surface area contributed by atoms with Gasteiger partial charge in [-0.2, -0.15) is 0 Å². The maximum absolute atomic E-state index is 9.27. The van der Waals surface area contributed by atoms with E-state index in [1.807, 2.05) is 6.92 Å². The second kappa shape index (κ2) is 3.77. The van der Waals surface area contributed by atoms with Crippen LogP contribution in [-0.4, -0.2) is 11.2 Å². The lowest BCUT2D eigenvalue weighted by Crippen LogP contribution is -2.17. The minimum Gasteiger partial charge on any atom is -0.393 e. The van der Waals surface area contributed by atoms with Crippen LogP contribution in [-0.2, 0) is 0 Å². The molecule has 0 bridgehead atoms. The monoisotopic (exact) mass is 140 g/mol. The smallest absolute Gasteiger partial charge is 0.0545 e. The lowest BCUT2D eigenvalue weighted by atomic mass is 9.87. The zero-order valence-corrected chi connectivity index (χ0v) is 6.59. The van der Waals surface area contributed by atoms with Gasteiger partial charge in [-0.3, -0.25) is 0 Å². The van der Waals surface area contributed by atoms with Crippen molar-refractivity contribution in [1.82, 2.24) is 0 Å². The zero-order valence-electron chi connectivity index (χ0n) is 6.59. The van der Waals surface area contributed by atoms with E-state index in [1.165, 1.54) is 12.8 Å². The lowest BCUT2D eigenvalue weighted by molar-refractivity contribution is 0.113. The van der Waals surface area contributed by atoms with E-state index in [0.29, 0.717) is 5.92 Å². The van der Waals surface area contributed by atoms with Crippen LogP contribution < -0.4 is 0 Å². The van der Waals surface area contributed by atoms with Gasteiger partial charge >= 0.3 is 0 Å². The van der Waals surface area contributed by atoms with Gasteiger partial charge in [0.15, 0.2) is 0 Å². The SMILES string of the molecule is CC=CC1CCCC(O)C1. The molecule has 10 heavy (non-hydrogen) atoms. The number of hydrogen-bond acceptors (Lipinski definition) is 1. The van der Waals surface area contributed by atoms with Crippen molar-refractivity contribution in [2.24, 2.45) is 5.92 Å². The summed E-state index contributed by atoms with van der Waals surface area (Å²) in [5.74, 6) is 0.647. The Labute approximate surface area is 62.8 Å². The Balaban J connectivity index is 2.32. The number of allylic oxidation sites excluding steroid dienone is 2.